The third kappa shape index (κ3) is 2.19. The van der Waals surface area contributed by atoms with Crippen LogP contribution in [0.2, 0.25) is 0 Å². The van der Waals surface area contributed by atoms with E-state index in [1.807, 2.05) is 13.8 Å². The third-order valence-electron chi connectivity index (χ3n) is 2.50. The molecule has 1 unspecified atom stereocenters. The van der Waals surface area contributed by atoms with Crippen LogP contribution in [0.4, 0.5) is 0 Å². The first kappa shape index (κ1) is 10.5. The number of ether oxygens (including phenoxy) is 2. The quantitative estimate of drug-likeness (QED) is 0.721. The van der Waals surface area contributed by atoms with Gasteiger partial charge in [-0.1, -0.05) is 13.8 Å². The van der Waals surface area contributed by atoms with Gasteiger partial charge >= 0.3 is 5.97 Å². The van der Waals surface area contributed by atoms with E-state index in [1.165, 1.54) is 0 Å². The highest BCUT2D eigenvalue weighted by molar-refractivity contribution is 5.67. The average Bonchev–Trinajstić information content (AvgIpc) is 2.51. The summed E-state index contributed by atoms with van der Waals surface area (Å²) in [7, 11) is 0. The minimum absolute atomic E-state index is 0.0911. The van der Waals surface area contributed by atoms with E-state index in [0.717, 1.165) is 0 Å². The fourth-order valence-corrected chi connectivity index (χ4v) is 1.73. The Morgan fingerprint density at radius 2 is 2.08 bits per heavy atom. The highest BCUT2D eigenvalue weighted by Crippen LogP contribution is 2.33. The lowest BCUT2D eigenvalue weighted by Crippen LogP contribution is -2.38. The van der Waals surface area contributed by atoms with Gasteiger partial charge in [0.1, 0.15) is 0 Å². The van der Waals surface area contributed by atoms with Crippen molar-refractivity contribution in [1.29, 1.82) is 0 Å². The van der Waals surface area contributed by atoms with Crippen molar-refractivity contribution in [2.75, 3.05) is 13.2 Å². The highest BCUT2D eigenvalue weighted by atomic mass is 16.7. The van der Waals surface area contributed by atoms with Crippen LogP contribution < -0.4 is 0 Å². The lowest BCUT2D eigenvalue weighted by Gasteiger charge is -2.31. The highest BCUT2D eigenvalue weighted by Gasteiger charge is 2.41. The van der Waals surface area contributed by atoms with Crippen LogP contribution in [0.25, 0.3) is 0 Å². The van der Waals surface area contributed by atoms with Gasteiger partial charge in [-0.25, -0.2) is 0 Å². The predicted molar refractivity (Wildman–Crippen MR) is 46.3 cm³/mol. The summed E-state index contributed by atoms with van der Waals surface area (Å²) in [5.74, 6) is -1.56. The molecular formula is C9H16O4. The summed E-state index contributed by atoms with van der Waals surface area (Å²) < 4.78 is 10.9. The zero-order valence-electron chi connectivity index (χ0n) is 8.08. The molecule has 0 amide bonds. The molecule has 0 spiro atoms. The largest absolute Gasteiger partial charge is 0.481 e. The van der Waals surface area contributed by atoms with Gasteiger partial charge in [-0.2, -0.15) is 0 Å². The summed E-state index contributed by atoms with van der Waals surface area (Å²) in [5, 5.41) is 8.64. The summed E-state index contributed by atoms with van der Waals surface area (Å²) in [5.41, 5.74) is 0. The summed E-state index contributed by atoms with van der Waals surface area (Å²) >= 11 is 0. The lowest BCUT2D eigenvalue weighted by molar-refractivity contribution is -0.197. The molecule has 4 nitrogen and oxygen atoms in total. The van der Waals surface area contributed by atoms with Crippen molar-refractivity contribution in [2.45, 2.75) is 32.5 Å². The Labute approximate surface area is 77.8 Å². The number of rotatable bonds is 4. The Kier molecular flexibility index (Phi) is 3.27. The molecule has 1 saturated heterocycles. The Balaban J connectivity index is 2.59. The fourth-order valence-electron chi connectivity index (χ4n) is 1.73. The van der Waals surface area contributed by atoms with E-state index in [4.69, 9.17) is 14.6 Å². The van der Waals surface area contributed by atoms with E-state index >= 15 is 0 Å². The van der Waals surface area contributed by atoms with E-state index < -0.39 is 11.8 Å². The van der Waals surface area contributed by atoms with Crippen molar-refractivity contribution in [2.24, 2.45) is 5.92 Å². The first-order chi connectivity index (χ1) is 6.10. The normalized spacial score (nSPS) is 22.9. The second-order valence-corrected chi connectivity index (χ2v) is 3.36. The van der Waals surface area contributed by atoms with Crippen molar-refractivity contribution in [3.05, 3.63) is 0 Å². The van der Waals surface area contributed by atoms with Crippen LogP contribution in [0.5, 0.6) is 0 Å². The van der Waals surface area contributed by atoms with Gasteiger partial charge in [0.25, 0.3) is 0 Å². The zero-order valence-corrected chi connectivity index (χ0v) is 8.08. The van der Waals surface area contributed by atoms with Crippen LogP contribution in [-0.4, -0.2) is 30.1 Å². The summed E-state index contributed by atoms with van der Waals surface area (Å²) in [6, 6.07) is 0. The molecule has 1 atom stereocenters. The Morgan fingerprint density at radius 3 is 2.46 bits per heavy atom. The molecule has 0 bridgehead atoms. The first-order valence-electron chi connectivity index (χ1n) is 4.60. The van der Waals surface area contributed by atoms with Gasteiger partial charge in [0.15, 0.2) is 5.79 Å². The minimum atomic E-state index is -0.806. The summed E-state index contributed by atoms with van der Waals surface area (Å²) in [6.45, 7) is 4.93. The molecule has 0 saturated carbocycles. The predicted octanol–water partition coefficient (Wildman–Crippen LogP) is 1.25. The maximum absolute atomic E-state index is 10.5. The van der Waals surface area contributed by atoms with E-state index in [1.54, 1.807) is 0 Å². The van der Waals surface area contributed by atoms with Gasteiger partial charge in [-0.05, 0) is 6.42 Å². The van der Waals surface area contributed by atoms with Gasteiger partial charge in [0.05, 0.1) is 19.6 Å². The van der Waals surface area contributed by atoms with Crippen LogP contribution in [0.1, 0.15) is 26.7 Å². The Bertz CT molecular complexity index is 184. The first-order valence-corrected chi connectivity index (χ1v) is 4.60. The number of aliphatic carboxylic acids is 1. The molecule has 1 aliphatic rings. The molecular weight excluding hydrogens is 172 g/mol. The average molecular weight is 188 g/mol. The van der Waals surface area contributed by atoms with Crippen LogP contribution >= 0.6 is 0 Å². The number of carboxylic acid groups (broad SMARTS) is 1. The van der Waals surface area contributed by atoms with E-state index in [0.29, 0.717) is 19.6 Å². The fraction of sp³-hybridized carbons (Fsp3) is 0.889. The van der Waals surface area contributed by atoms with Crippen LogP contribution in [0.15, 0.2) is 0 Å². The van der Waals surface area contributed by atoms with Crippen LogP contribution in [0.3, 0.4) is 0 Å². The molecule has 1 N–H and O–H groups in total. The summed E-state index contributed by atoms with van der Waals surface area (Å²) in [4.78, 5) is 10.5. The van der Waals surface area contributed by atoms with Gasteiger partial charge < -0.3 is 14.6 Å². The maximum Gasteiger partial charge on any atom is 0.303 e. The molecule has 0 aromatic heterocycles. The Hall–Kier alpha value is -0.610. The smallest absolute Gasteiger partial charge is 0.303 e. The monoisotopic (exact) mass is 188 g/mol. The topological polar surface area (TPSA) is 55.8 Å². The van der Waals surface area contributed by atoms with Crippen LogP contribution in [-0.2, 0) is 14.3 Å². The number of carbonyl (C=O) groups is 1. The van der Waals surface area contributed by atoms with Gasteiger partial charge in [0.2, 0.25) is 0 Å². The molecule has 0 aliphatic carbocycles. The second-order valence-electron chi connectivity index (χ2n) is 3.36. The van der Waals surface area contributed by atoms with Crippen molar-refractivity contribution in [3.63, 3.8) is 0 Å². The standard InChI is InChI=1S/C9H16O4/c1-3-9(12-4-5-13-9)7(2)6-8(10)11/h7H,3-6H2,1-2H3,(H,10,11). The number of hydrogen-bond donors (Lipinski definition) is 1. The molecule has 13 heavy (non-hydrogen) atoms. The van der Waals surface area contributed by atoms with Crippen LogP contribution in [0, 0.1) is 5.92 Å². The van der Waals surface area contributed by atoms with E-state index in [2.05, 4.69) is 0 Å². The zero-order chi connectivity index (χ0) is 9.90. The number of carboxylic acids is 1. The minimum Gasteiger partial charge on any atom is -0.481 e. The summed E-state index contributed by atoms with van der Waals surface area (Å²) in [6.07, 6.45) is 0.787. The van der Waals surface area contributed by atoms with Gasteiger partial charge in [0, 0.05) is 5.92 Å². The van der Waals surface area contributed by atoms with Crippen molar-refractivity contribution in [3.8, 4) is 0 Å². The molecule has 0 aromatic carbocycles. The van der Waals surface area contributed by atoms with Crippen molar-refractivity contribution in [1.82, 2.24) is 0 Å². The molecule has 76 valence electrons. The molecule has 0 aromatic rings. The molecule has 4 heteroatoms. The molecule has 1 heterocycles. The van der Waals surface area contributed by atoms with E-state index in [-0.39, 0.29) is 12.3 Å². The van der Waals surface area contributed by atoms with Gasteiger partial charge in [-0.15, -0.1) is 0 Å². The van der Waals surface area contributed by atoms with E-state index in [9.17, 15) is 4.79 Å². The maximum atomic E-state index is 10.5. The molecule has 1 fully saturated rings. The number of hydrogen-bond acceptors (Lipinski definition) is 3. The second kappa shape index (κ2) is 4.07. The molecule has 1 rings (SSSR count). The van der Waals surface area contributed by atoms with Gasteiger partial charge in [-0.3, -0.25) is 4.79 Å². The molecule has 1 aliphatic heterocycles. The Morgan fingerprint density at radius 1 is 1.54 bits per heavy atom. The molecule has 0 radical (unpaired) electrons. The third-order valence-corrected chi connectivity index (χ3v) is 2.50. The van der Waals surface area contributed by atoms with Crippen molar-refractivity contribution >= 4 is 5.97 Å². The SMILES string of the molecule is CCC1(C(C)CC(=O)O)OCCO1. The van der Waals surface area contributed by atoms with Crippen molar-refractivity contribution < 1.29 is 19.4 Å². The lowest BCUT2D eigenvalue weighted by atomic mass is 9.95.